The second-order valence-corrected chi connectivity index (χ2v) is 11.5. The first-order valence-electron chi connectivity index (χ1n) is 15.0. The van der Waals surface area contributed by atoms with Gasteiger partial charge >= 0.3 is 0 Å². The number of hydrogen-bond acceptors (Lipinski definition) is 9. The summed E-state index contributed by atoms with van der Waals surface area (Å²) in [7, 11) is 1.65. The molecule has 4 aromatic heterocycles. The summed E-state index contributed by atoms with van der Waals surface area (Å²) in [5.41, 5.74) is 7.53. The van der Waals surface area contributed by atoms with Crippen molar-refractivity contribution in [2.45, 2.75) is 27.2 Å². The van der Waals surface area contributed by atoms with Crippen molar-refractivity contribution in [2.75, 3.05) is 46.5 Å². The van der Waals surface area contributed by atoms with Gasteiger partial charge in [-0.25, -0.2) is 9.97 Å². The van der Waals surface area contributed by atoms with E-state index in [4.69, 9.17) is 24.0 Å². The van der Waals surface area contributed by atoms with Crippen LogP contribution in [-0.4, -0.2) is 82.4 Å². The number of amides is 1. The van der Waals surface area contributed by atoms with Crippen LogP contribution in [0.1, 0.15) is 40.3 Å². The van der Waals surface area contributed by atoms with E-state index in [1.807, 2.05) is 38.2 Å². The molecule has 5 heterocycles. The van der Waals surface area contributed by atoms with Gasteiger partial charge in [-0.2, -0.15) is 0 Å². The third-order valence-electron chi connectivity index (χ3n) is 8.53. The van der Waals surface area contributed by atoms with Crippen LogP contribution >= 0.6 is 0 Å². The zero-order valence-electron chi connectivity index (χ0n) is 25.4. The summed E-state index contributed by atoms with van der Waals surface area (Å²) in [5, 5.41) is 8.88. The Kier molecular flexibility index (Phi) is 7.35. The molecule has 2 N–H and O–H groups in total. The number of pyridine rings is 1. The van der Waals surface area contributed by atoms with Crippen LogP contribution < -0.4 is 10.1 Å². The predicted molar refractivity (Wildman–Crippen MR) is 168 cm³/mol. The number of methoxy groups -OCH3 is 1. The van der Waals surface area contributed by atoms with Gasteiger partial charge in [0.2, 0.25) is 5.82 Å². The van der Waals surface area contributed by atoms with Crippen LogP contribution in [0.4, 0.5) is 0 Å². The summed E-state index contributed by atoms with van der Waals surface area (Å²) in [5.74, 6) is 1.56. The highest BCUT2D eigenvalue weighted by Gasteiger charge is 2.25. The molecule has 1 aliphatic heterocycles. The Morgan fingerprint density at radius 1 is 1.18 bits per heavy atom. The molecule has 0 bridgehead atoms. The Morgan fingerprint density at radius 2 is 2.02 bits per heavy atom. The lowest BCUT2D eigenvalue weighted by Crippen LogP contribution is -2.41. The van der Waals surface area contributed by atoms with Gasteiger partial charge in [0.1, 0.15) is 17.2 Å². The van der Waals surface area contributed by atoms with Crippen LogP contribution in [0.15, 0.2) is 35.0 Å². The number of rotatable bonds is 7. The number of allylic oxidation sites excluding steroid dienone is 1. The third-order valence-corrected chi connectivity index (χ3v) is 8.53. The van der Waals surface area contributed by atoms with Crippen LogP contribution in [0.25, 0.3) is 50.4 Å². The monoisotopic (exact) mass is 593 g/mol. The average molecular weight is 594 g/mol. The average Bonchev–Trinajstić information content (AvgIpc) is 3.57. The van der Waals surface area contributed by atoms with E-state index in [1.165, 1.54) is 0 Å². The molecule has 7 rings (SSSR count). The SMILES string of the molecule is COc1cc2c(cc1-c1c(C)noc1C)[nH]c1nc(C(=O)NCCN3CCOCC3)nc(-c3ccnc4c3C=CC(C)C4)c12. The van der Waals surface area contributed by atoms with E-state index < -0.39 is 0 Å². The number of H-pyrrole nitrogens is 1. The number of ether oxygens (including phenoxy) is 2. The van der Waals surface area contributed by atoms with Crippen molar-refractivity contribution < 1.29 is 18.8 Å². The molecule has 1 aromatic carbocycles. The van der Waals surface area contributed by atoms with E-state index in [1.54, 1.807) is 7.11 Å². The lowest BCUT2D eigenvalue weighted by Gasteiger charge is -2.26. The van der Waals surface area contributed by atoms with Crippen molar-refractivity contribution >= 4 is 33.9 Å². The first kappa shape index (κ1) is 28.2. The Morgan fingerprint density at radius 3 is 2.80 bits per heavy atom. The van der Waals surface area contributed by atoms with Gasteiger partial charge in [-0.1, -0.05) is 24.2 Å². The fourth-order valence-electron chi connectivity index (χ4n) is 6.29. The van der Waals surface area contributed by atoms with Gasteiger partial charge < -0.3 is 24.3 Å². The number of aromatic amines is 1. The third kappa shape index (κ3) is 5.01. The molecule has 0 radical (unpaired) electrons. The maximum Gasteiger partial charge on any atom is 0.289 e. The van der Waals surface area contributed by atoms with Crippen LogP contribution in [0.5, 0.6) is 5.75 Å². The molecule has 44 heavy (non-hydrogen) atoms. The summed E-state index contributed by atoms with van der Waals surface area (Å²) >= 11 is 0. The van der Waals surface area contributed by atoms with Crippen LogP contribution in [0.3, 0.4) is 0 Å². The number of carbonyl (C=O) groups is 1. The second kappa shape index (κ2) is 11.5. The highest BCUT2D eigenvalue weighted by atomic mass is 16.5. The first-order valence-corrected chi connectivity index (χ1v) is 15.0. The minimum Gasteiger partial charge on any atom is -0.496 e. The summed E-state index contributed by atoms with van der Waals surface area (Å²) in [6.07, 6.45) is 6.97. The Bertz CT molecular complexity index is 1900. The molecule has 1 aliphatic carbocycles. The minimum atomic E-state index is -0.318. The van der Waals surface area contributed by atoms with Crippen molar-refractivity contribution in [3.05, 3.63) is 59.0 Å². The van der Waals surface area contributed by atoms with Crippen LogP contribution in [0.2, 0.25) is 0 Å². The molecular weight excluding hydrogens is 558 g/mol. The van der Waals surface area contributed by atoms with E-state index in [2.05, 4.69) is 44.4 Å². The highest BCUT2D eigenvalue weighted by Crippen LogP contribution is 2.42. The first-order chi connectivity index (χ1) is 21.4. The molecule has 226 valence electrons. The van der Waals surface area contributed by atoms with Gasteiger partial charge in [0.25, 0.3) is 5.91 Å². The predicted octanol–water partition coefficient (Wildman–Crippen LogP) is 4.72. The smallest absolute Gasteiger partial charge is 0.289 e. The van der Waals surface area contributed by atoms with Crippen LogP contribution in [0, 0.1) is 19.8 Å². The zero-order chi connectivity index (χ0) is 30.4. The number of morpholine rings is 1. The quantitative estimate of drug-likeness (QED) is 0.275. The molecular formula is C33H35N7O4. The zero-order valence-corrected chi connectivity index (χ0v) is 25.4. The molecule has 11 heteroatoms. The maximum absolute atomic E-state index is 13.5. The van der Waals surface area contributed by atoms with E-state index in [9.17, 15) is 4.79 Å². The Hall–Kier alpha value is -4.61. The summed E-state index contributed by atoms with van der Waals surface area (Å²) in [6.45, 7) is 10.3. The molecule has 1 atom stereocenters. The van der Waals surface area contributed by atoms with Crippen molar-refractivity contribution in [3.63, 3.8) is 0 Å². The molecule has 0 spiro atoms. The number of aromatic nitrogens is 5. The van der Waals surface area contributed by atoms with Gasteiger partial charge in [-0.15, -0.1) is 0 Å². The molecule has 1 saturated heterocycles. The van der Waals surface area contributed by atoms with Gasteiger partial charge in [-0.3, -0.25) is 14.7 Å². The largest absolute Gasteiger partial charge is 0.496 e. The molecule has 2 aliphatic rings. The lowest BCUT2D eigenvalue weighted by atomic mass is 9.90. The van der Waals surface area contributed by atoms with Gasteiger partial charge in [0, 0.05) is 65.7 Å². The van der Waals surface area contributed by atoms with E-state index in [0.29, 0.717) is 48.5 Å². The Balaban J connectivity index is 1.38. The fraction of sp³-hybridized carbons (Fsp3) is 0.364. The number of nitrogens with zero attached hydrogens (tertiary/aromatic N) is 5. The summed E-state index contributed by atoms with van der Waals surface area (Å²) in [4.78, 5) is 33.6. The number of fused-ring (bicyclic) bond motifs is 4. The number of carbonyl (C=O) groups excluding carboxylic acids is 1. The lowest BCUT2D eigenvalue weighted by molar-refractivity contribution is 0.0383. The normalized spacial score (nSPS) is 16.9. The van der Waals surface area contributed by atoms with Crippen molar-refractivity contribution in [1.82, 2.24) is 35.3 Å². The molecule has 1 unspecified atom stereocenters. The standard InChI is InChI=1S/C33H35N7O4/c1-18-5-6-21-22(7-8-34-25(21)15-18)30-29-23-17-27(42-4)24(28-19(2)39-44-20(28)3)16-26(23)36-31(29)38-32(37-30)33(41)35-9-10-40-11-13-43-14-12-40/h5-8,16-18H,9-15H2,1-4H3,(H,35,41)(H,36,37,38). The van der Waals surface area contributed by atoms with E-state index in [-0.39, 0.29) is 11.7 Å². The van der Waals surface area contributed by atoms with Crippen molar-refractivity contribution in [1.29, 1.82) is 0 Å². The number of benzene rings is 1. The molecule has 1 fully saturated rings. The topological polar surface area (TPSA) is 131 Å². The minimum absolute atomic E-state index is 0.109. The summed E-state index contributed by atoms with van der Waals surface area (Å²) in [6, 6.07) is 5.99. The van der Waals surface area contributed by atoms with E-state index in [0.717, 1.165) is 76.0 Å². The van der Waals surface area contributed by atoms with Gasteiger partial charge in [0.05, 0.1) is 42.7 Å². The number of nitrogens with one attached hydrogen (secondary N) is 2. The Labute approximate surface area is 254 Å². The molecule has 1 amide bonds. The molecule has 5 aromatic rings. The van der Waals surface area contributed by atoms with Gasteiger partial charge in [0.15, 0.2) is 0 Å². The maximum atomic E-state index is 13.5. The second-order valence-electron chi connectivity index (χ2n) is 11.5. The van der Waals surface area contributed by atoms with Crippen molar-refractivity contribution in [3.8, 4) is 28.1 Å². The fourth-order valence-corrected chi connectivity index (χ4v) is 6.29. The van der Waals surface area contributed by atoms with E-state index >= 15 is 0 Å². The summed E-state index contributed by atoms with van der Waals surface area (Å²) < 4.78 is 16.8. The van der Waals surface area contributed by atoms with Crippen LogP contribution in [-0.2, 0) is 11.2 Å². The number of aryl methyl sites for hydroxylation is 2. The molecule has 0 saturated carbocycles. The number of hydrogen-bond donors (Lipinski definition) is 2. The van der Waals surface area contributed by atoms with Crippen molar-refractivity contribution in [2.24, 2.45) is 5.92 Å². The highest BCUT2D eigenvalue weighted by molar-refractivity contribution is 6.15. The molecule has 11 nitrogen and oxygen atoms in total. The van der Waals surface area contributed by atoms with Gasteiger partial charge in [-0.05, 0) is 44.4 Å².